The summed E-state index contributed by atoms with van der Waals surface area (Å²) in [7, 11) is 0. The van der Waals surface area contributed by atoms with Gasteiger partial charge in [-0.1, -0.05) is 0 Å². The van der Waals surface area contributed by atoms with Gasteiger partial charge in [-0.3, -0.25) is 4.79 Å². The van der Waals surface area contributed by atoms with Gasteiger partial charge in [0.05, 0.1) is 5.60 Å². The first-order valence-electron chi connectivity index (χ1n) is 4.93. The average Bonchev–Trinajstić information content (AvgIpc) is 2.01. The van der Waals surface area contributed by atoms with Crippen molar-refractivity contribution in [2.45, 2.75) is 44.9 Å². The van der Waals surface area contributed by atoms with Crippen molar-refractivity contribution in [1.29, 1.82) is 0 Å². The quantitative estimate of drug-likeness (QED) is 0.693. The van der Waals surface area contributed by atoms with Gasteiger partial charge in [-0.15, -0.1) is 0 Å². The molecule has 82 valence electrons. The van der Waals surface area contributed by atoms with Crippen molar-refractivity contribution in [3.8, 4) is 0 Å². The number of hydrogen-bond acceptors (Lipinski definition) is 2. The van der Waals surface area contributed by atoms with E-state index in [9.17, 15) is 14.3 Å². The van der Waals surface area contributed by atoms with Crippen LogP contribution in [0.4, 0.5) is 4.39 Å². The Morgan fingerprint density at radius 2 is 1.86 bits per heavy atom. The number of carbonyl (C=O) groups is 1. The molecular formula is C10H18FNO2. The third kappa shape index (κ3) is 2.67. The fraction of sp³-hybridized carbons (Fsp3) is 0.900. The van der Waals surface area contributed by atoms with Crippen LogP contribution >= 0.6 is 0 Å². The van der Waals surface area contributed by atoms with Gasteiger partial charge in [-0.2, -0.15) is 0 Å². The number of piperidine rings is 1. The maximum atomic E-state index is 13.3. The Labute approximate surface area is 83.9 Å². The number of nitrogens with zero attached hydrogens (tertiary/aromatic N) is 1. The number of rotatable bonds is 1. The second kappa shape index (κ2) is 3.50. The topological polar surface area (TPSA) is 40.5 Å². The van der Waals surface area contributed by atoms with E-state index in [1.807, 2.05) is 0 Å². The molecule has 1 saturated heterocycles. The fourth-order valence-electron chi connectivity index (χ4n) is 1.57. The number of halogens is 1. The molecule has 1 heterocycles. The highest BCUT2D eigenvalue weighted by atomic mass is 19.1. The van der Waals surface area contributed by atoms with E-state index in [0.717, 1.165) is 0 Å². The molecule has 1 aliphatic heterocycles. The Morgan fingerprint density at radius 3 is 2.21 bits per heavy atom. The minimum Gasteiger partial charge on any atom is -0.390 e. The first-order valence-corrected chi connectivity index (χ1v) is 4.93. The molecule has 0 unspecified atom stereocenters. The molecule has 3 nitrogen and oxygen atoms in total. The normalized spacial score (nSPS) is 22.2. The molecule has 0 spiro atoms. The lowest BCUT2D eigenvalue weighted by Crippen LogP contribution is -2.50. The molecule has 1 amide bonds. The van der Waals surface area contributed by atoms with E-state index < -0.39 is 17.2 Å². The lowest BCUT2D eigenvalue weighted by Gasteiger charge is -2.37. The van der Waals surface area contributed by atoms with Gasteiger partial charge < -0.3 is 10.0 Å². The molecule has 1 aliphatic rings. The summed E-state index contributed by atoms with van der Waals surface area (Å²) < 4.78 is 13.3. The van der Waals surface area contributed by atoms with Crippen molar-refractivity contribution in [3.63, 3.8) is 0 Å². The number of amides is 1. The van der Waals surface area contributed by atoms with Crippen LogP contribution in [0.1, 0.15) is 33.6 Å². The molecular weight excluding hydrogens is 185 g/mol. The monoisotopic (exact) mass is 203 g/mol. The van der Waals surface area contributed by atoms with E-state index in [4.69, 9.17) is 0 Å². The molecule has 0 aromatic carbocycles. The van der Waals surface area contributed by atoms with Gasteiger partial charge in [0.15, 0.2) is 5.67 Å². The highest BCUT2D eigenvalue weighted by molar-refractivity contribution is 5.84. The summed E-state index contributed by atoms with van der Waals surface area (Å²) >= 11 is 0. The summed E-state index contributed by atoms with van der Waals surface area (Å²) in [6, 6.07) is 0. The Kier molecular flexibility index (Phi) is 2.86. The number of likely N-dealkylation sites (tertiary alicyclic amines) is 1. The van der Waals surface area contributed by atoms with Crippen LogP contribution in [0.3, 0.4) is 0 Å². The summed E-state index contributed by atoms with van der Waals surface area (Å²) in [5.74, 6) is -0.479. The van der Waals surface area contributed by atoms with E-state index in [-0.39, 0.29) is 0 Å². The van der Waals surface area contributed by atoms with Crippen LogP contribution in [-0.4, -0.2) is 40.3 Å². The van der Waals surface area contributed by atoms with E-state index in [0.29, 0.717) is 25.9 Å². The van der Waals surface area contributed by atoms with Crippen molar-refractivity contribution in [2.24, 2.45) is 0 Å². The number of alkyl halides is 1. The van der Waals surface area contributed by atoms with Gasteiger partial charge in [0.2, 0.25) is 0 Å². The first-order chi connectivity index (χ1) is 6.22. The van der Waals surface area contributed by atoms with Crippen molar-refractivity contribution >= 4 is 5.91 Å². The summed E-state index contributed by atoms with van der Waals surface area (Å²) in [5.41, 5.74) is -2.50. The van der Waals surface area contributed by atoms with Crippen LogP contribution in [0, 0.1) is 0 Å². The molecule has 4 heteroatoms. The van der Waals surface area contributed by atoms with Gasteiger partial charge in [0.25, 0.3) is 5.91 Å². The molecule has 14 heavy (non-hydrogen) atoms. The summed E-state index contributed by atoms with van der Waals surface area (Å²) in [6.45, 7) is 5.16. The van der Waals surface area contributed by atoms with Crippen molar-refractivity contribution in [3.05, 3.63) is 0 Å². The van der Waals surface area contributed by atoms with Crippen LogP contribution in [0.15, 0.2) is 0 Å². The number of aliphatic hydroxyl groups is 1. The van der Waals surface area contributed by atoms with E-state index in [1.165, 1.54) is 18.7 Å². The second-order valence-electron chi connectivity index (χ2n) is 4.76. The minimum atomic E-state index is -1.80. The smallest absolute Gasteiger partial charge is 0.259 e. The summed E-state index contributed by atoms with van der Waals surface area (Å²) in [5, 5.41) is 9.65. The molecule has 1 rings (SSSR count). The van der Waals surface area contributed by atoms with Crippen LogP contribution in [-0.2, 0) is 4.79 Å². The van der Waals surface area contributed by atoms with Crippen molar-refractivity contribution in [1.82, 2.24) is 4.90 Å². The molecule has 1 N–H and O–H groups in total. The molecule has 0 atom stereocenters. The van der Waals surface area contributed by atoms with Gasteiger partial charge >= 0.3 is 0 Å². The third-order valence-corrected chi connectivity index (χ3v) is 2.64. The SMILES string of the molecule is CC1(O)CCN(C(=O)C(C)(C)F)CC1. The zero-order valence-corrected chi connectivity index (χ0v) is 9.01. The van der Waals surface area contributed by atoms with Crippen molar-refractivity contribution < 1.29 is 14.3 Å². The van der Waals surface area contributed by atoms with Crippen LogP contribution in [0.25, 0.3) is 0 Å². The molecule has 0 saturated carbocycles. The Balaban J connectivity index is 2.55. The second-order valence-corrected chi connectivity index (χ2v) is 4.76. The maximum absolute atomic E-state index is 13.3. The van der Waals surface area contributed by atoms with Crippen LogP contribution < -0.4 is 0 Å². The highest BCUT2D eigenvalue weighted by Gasteiger charge is 2.36. The van der Waals surface area contributed by atoms with E-state index in [2.05, 4.69) is 0 Å². The van der Waals surface area contributed by atoms with Gasteiger partial charge in [-0.05, 0) is 33.6 Å². The number of hydrogen-bond donors (Lipinski definition) is 1. The predicted octanol–water partition coefficient (Wildman–Crippen LogP) is 1.11. The van der Waals surface area contributed by atoms with Crippen LogP contribution in [0.5, 0.6) is 0 Å². The Morgan fingerprint density at radius 1 is 1.43 bits per heavy atom. The predicted molar refractivity (Wildman–Crippen MR) is 51.6 cm³/mol. The van der Waals surface area contributed by atoms with Gasteiger partial charge in [-0.25, -0.2) is 4.39 Å². The standard InChI is InChI=1S/C10H18FNO2/c1-9(2,11)8(13)12-6-4-10(3,14)5-7-12/h14H,4-7H2,1-3H3. The number of carbonyl (C=O) groups excluding carboxylic acids is 1. The highest BCUT2D eigenvalue weighted by Crippen LogP contribution is 2.23. The third-order valence-electron chi connectivity index (χ3n) is 2.64. The lowest BCUT2D eigenvalue weighted by atomic mass is 9.93. The first kappa shape index (κ1) is 11.4. The van der Waals surface area contributed by atoms with Crippen molar-refractivity contribution in [2.75, 3.05) is 13.1 Å². The zero-order chi connectivity index (χ0) is 11.0. The minimum absolute atomic E-state index is 0.444. The van der Waals surface area contributed by atoms with Gasteiger partial charge in [0, 0.05) is 13.1 Å². The largest absolute Gasteiger partial charge is 0.390 e. The molecule has 0 aromatic heterocycles. The van der Waals surface area contributed by atoms with E-state index in [1.54, 1.807) is 6.92 Å². The molecule has 0 aromatic rings. The van der Waals surface area contributed by atoms with Crippen LogP contribution in [0.2, 0.25) is 0 Å². The fourth-order valence-corrected chi connectivity index (χ4v) is 1.57. The summed E-state index contributed by atoms with van der Waals surface area (Å²) in [6.07, 6.45) is 1.05. The molecule has 1 fully saturated rings. The molecule has 0 aliphatic carbocycles. The summed E-state index contributed by atoms with van der Waals surface area (Å²) in [4.78, 5) is 13.0. The molecule has 0 radical (unpaired) electrons. The zero-order valence-electron chi connectivity index (χ0n) is 9.01. The van der Waals surface area contributed by atoms with Gasteiger partial charge in [0.1, 0.15) is 0 Å². The molecule has 0 bridgehead atoms. The van der Waals surface area contributed by atoms with E-state index >= 15 is 0 Å². The average molecular weight is 203 g/mol. The Hall–Kier alpha value is -0.640. The lowest BCUT2D eigenvalue weighted by molar-refractivity contribution is -0.145. The Bertz CT molecular complexity index is 223. The maximum Gasteiger partial charge on any atom is 0.259 e.